The zero-order valence-electron chi connectivity index (χ0n) is 10.8. The normalized spacial score (nSPS) is 22.8. The average molecular weight is 247 g/mol. The summed E-state index contributed by atoms with van der Waals surface area (Å²) in [6.07, 6.45) is 3.37. The summed E-state index contributed by atoms with van der Waals surface area (Å²) >= 11 is 0. The molecule has 1 aliphatic rings. The van der Waals surface area contributed by atoms with Crippen molar-refractivity contribution in [2.45, 2.75) is 38.8 Å². The molecule has 2 rings (SSSR count). The van der Waals surface area contributed by atoms with E-state index in [0.29, 0.717) is 12.6 Å². The second kappa shape index (κ2) is 5.87. The van der Waals surface area contributed by atoms with Gasteiger partial charge in [-0.05, 0) is 42.9 Å². The fourth-order valence-electron chi connectivity index (χ4n) is 2.41. The van der Waals surface area contributed by atoms with E-state index >= 15 is 0 Å². The Morgan fingerprint density at radius 3 is 2.61 bits per heavy atom. The fraction of sp³-hybridized carbons (Fsp3) is 0.500. The summed E-state index contributed by atoms with van der Waals surface area (Å²) in [5.41, 5.74) is 7.39. The van der Waals surface area contributed by atoms with Crippen LogP contribution < -0.4 is 16.4 Å². The summed E-state index contributed by atoms with van der Waals surface area (Å²) in [5, 5.41) is 5.86. The van der Waals surface area contributed by atoms with Crippen molar-refractivity contribution >= 4 is 11.7 Å². The van der Waals surface area contributed by atoms with E-state index in [1.165, 1.54) is 6.42 Å². The maximum absolute atomic E-state index is 11.8. The van der Waals surface area contributed by atoms with Gasteiger partial charge in [-0.25, -0.2) is 4.79 Å². The number of anilines is 1. The fourth-order valence-corrected chi connectivity index (χ4v) is 2.41. The van der Waals surface area contributed by atoms with Crippen LogP contribution in [0.25, 0.3) is 0 Å². The highest BCUT2D eigenvalue weighted by atomic mass is 16.2. The first kappa shape index (κ1) is 12.9. The first-order valence-corrected chi connectivity index (χ1v) is 6.54. The van der Waals surface area contributed by atoms with Crippen LogP contribution in [0.15, 0.2) is 24.3 Å². The molecular formula is C14H21N3O. The standard InChI is InChI=1S/C14H21N3O/c1-10-2-5-13(8-10)17-14(18)16-12-6-3-11(9-15)4-7-12/h3-4,6-7,10,13H,2,5,8-9,15H2,1H3,(H2,16,17,18). The van der Waals surface area contributed by atoms with Crippen molar-refractivity contribution in [1.29, 1.82) is 0 Å². The van der Waals surface area contributed by atoms with Crippen LogP contribution >= 0.6 is 0 Å². The van der Waals surface area contributed by atoms with Gasteiger partial charge in [-0.2, -0.15) is 0 Å². The summed E-state index contributed by atoms with van der Waals surface area (Å²) in [6, 6.07) is 7.80. The Morgan fingerprint density at radius 2 is 2.06 bits per heavy atom. The molecule has 2 amide bonds. The number of carbonyl (C=O) groups is 1. The highest BCUT2D eigenvalue weighted by Gasteiger charge is 2.22. The van der Waals surface area contributed by atoms with Gasteiger partial charge in [-0.1, -0.05) is 19.1 Å². The third-order valence-corrected chi connectivity index (χ3v) is 3.48. The number of urea groups is 1. The van der Waals surface area contributed by atoms with Crippen molar-refractivity contribution in [3.63, 3.8) is 0 Å². The van der Waals surface area contributed by atoms with Crippen molar-refractivity contribution in [3.8, 4) is 0 Å². The number of hydrogen-bond donors (Lipinski definition) is 3. The van der Waals surface area contributed by atoms with E-state index in [1.54, 1.807) is 0 Å². The second-order valence-corrected chi connectivity index (χ2v) is 5.11. The van der Waals surface area contributed by atoms with Crippen LogP contribution in [-0.2, 0) is 6.54 Å². The Hall–Kier alpha value is -1.55. The molecule has 4 nitrogen and oxygen atoms in total. The van der Waals surface area contributed by atoms with E-state index < -0.39 is 0 Å². The van der Waals surface area contributed by atoms with Gasteiger partial charge in [-0.3, -0.25) is 0 Å². The maximum Gasteiger partial charge on any atom is 0.319 e. The molecule has 4 N–H and O–H groups in total. The predicted molar refractivity (Wildman–Crippen MR) is 73.3 cm³/mol. The molecule has 0 saturated heterocycles. The first-order valence-electron chi connectivity index (χ1n) is 6.54. The number of nitrogens with one attached hydrogen (secondary N) is 2. The lowest BCUT2D eigenvalue weighted by Gasteiger charge is -2.13. The van der Waals surface area contributed by atoms with Crippen molar-refractivity contribution in [2.75, 3.05) is 5.32 Å². The zero-order chi connectivity index (χ0) is 13.0. The van der Waals surface area contributed by atoms with E-state index in [-0.39, 0.29) is 6.03 Å². The molecule has 2 atom stereocenters. The molecule has 1 aromatic carbocycles. The average Bonchev–Trinajstić information content (AvgIpc) is 2.75. The number of nitrogens with two attached hydrogens (primary N) is 1. The first-order chi connectivity index (χ1) is 8.67. The van der Waals surface area contributed by atoms with Crippen LogP contribution in [0, 0.1) is 5.92 Å². The van der Waals surface area contributed by atoms with Gasteiger partial charge in [0.15, 0.2) is 0 Å². The summed E-state index contributed by atoms with van der Waals surface area (Å²) in [6.45, 7) is 2.75. The van der Waals surface area contributed by atoms with E-state index in [9.17, 15) is 4.79 Å². The predicted octanol–water partition coefficient (Wildman–Crippen LogP) is 2.46. The minimum absolute atomic E-state index is 0.116. The van der Waals surface area contributed by atoms with Gasteiger partial charge in [0, 0.05) is 18.3 Å². The van der Waals surface area contributed by atoms with Crippen LogP contribution in [-0.4, -0.2) is 12.1 Å². The maximum atomic E-state index is 11.8. The van der Waals surface area contributed by atoms with Crippen molar-refractivity contribution in [2.24, 2.45) is 11.7 Å². The lowest BCUT2D eigenvalue weighted by atomic mass is 10.1. The lowest BCUT2D eigenvalue weighted by Crippen LogP contribution is -2.36. The largest absolute Gasteiger partial charge is 0.335 e. The topological polar surface area (TPSA) is 67.2 Å². The Labute approximate surface area is 108 Å². The Bertz CT molecular complexity index is 402. The summed E-state index contributed by atoms with van der Waals surface area (Å²) in [4.78, 5) is 11.8. The van der Waals surface area contributed by atoms with Gasteiger partial charge in [0.05, 0.1) is 0 Å². The molecule has 98 valence electrons. The number of amides is 2. The molecule has 0 aromatic heterocycles. The SMILES string of the molecule is CC1CCC(NC(=O)Nc2ccc(CN)cc2)C1. The molecule has 18 heavy (non-hydrogen) atoms. The monoisotopic (exact) mass is 247 g/mol. The Balaban J connectivity index is 1.83. The Morgan fingerprint density at radius 1 is 1.33 bits per heavy atom. The molecule has 1 aliphatic carbocycles. The highest BCUT2D eigenvalue weighted by molar-refractivity contribution is 5.89. The molecule has 0 bridgehead atoms. The van der Waals surface area contributed by atoms with Gasteiger partial charge in [0.25, 0.3) is 0 Å². The molecule has 1 aromatic rings. The van der Waals surface area contributed by atoms with E-state index in [1.807, 2.05) is 24.3 Å². The summed E-state index contributed by atoms with van der Waals surface area (Å²) in [5.74, 6) is 0.721. The molecule has 2 unspecified atom stereocenters. The van der Waals surface area contributed by atoms with Gasteiger partial charge >= 0.3 is 6.03 Å². The van der Waals surface area contributed by atoms with E-state index in [4.69, 9.17) is 5.73 Å². The third-order valence-electron chi connectivity index (χ3n) is 3.48. The van der Waals surface area contributed by atoms with E-state index in [2.05, 4.69) is 17.6 Å². The van der Waals surface area contributed by atoms with Gasteiger partial charge in [0.1, 0.15) is 0 Å². The molecule has 0 spiro atoms. The molecule has 0 aliphatic heterocycles. The number of carbonyl (C=O) groups excluding carboxylic acids is 1. The molecule has 1 fully saturated rings. The second-order valence-electron chi connectivity index (χ2n) is 5.11. The van der Waals surface area contributed by atoms with Crippen LogP contribution in [0.5, 0.6) is 0 Å². The summed E-state index contributed by atoms with van der Waals surface area (Å²) < 4.78 is 0. The highest BCUT2D eigenvalue weighted by Crippen LogP contribution is 2.24. The van der Waals surface area contributed by atoms with Crippen LogP contribution in [0.2, 0.25) is 0 Å². The number of hydrogen-bond acceptors (Lipinski definition) is 2. The quantitative estimate of drug-likeness (QED) is 0.768. The van der Waals surface area contributed by atoms with Crippen LogP contribution in [0.4, 0.5) is 10.5 Å². The number of rotatable bonds is 3. The van der Waals surface area contributed by atoms with Crippen LogP contribution in [0.1, 0.15) is 31.7 Å². The van der Waals surface area contributed by atoms with Gasteiger partial charge < -0.3 is 16.4 Å². The summed E-state index contributed by atoms with van der Waals surface area (Å²) in [7, 11) is 0. The van der Waals surface area contributed by atoms with E-state index in [0.717, 1.165) is 30.0 Å². The van der Waals surface area contributed by atoms with Crippen molar-refractivity contribution < 1.29 is 4.79 Å². The van der Waals surface area contributed by atoms with Gasteiger partial charge in [0.2, 0.25) is 0 Å². The van der Waals surface area contributed by atoms with Gasteiger partial charge in [-0.15, -0.1) is 0 Å². The smallest absolute Gasteiger partial charge is 0.319 e. The zero-order valence-corrected chi connectivity index (χ0v) is 10.8. The lowest BCUT2D eigenvalue weighted by molar-refractivity contribution is 0.248. The molecule has 0 heterocycles. The van der Waals surface area contributed by atoms with Crippen LogP contribution in [0.3, 0.4) is 0 Å². The van der Waals surface area contributed by atoms with Crippen molar-refractivity contribution in [3.05, 3.63) is 29.8 Å². The van der Waals surface area contributed by atoms with Crippen molar-refractivity contribution in [1.82, 2.24) is 5.32 Å². The molecular weight excluding hydrogens is 226 g/mol. The molecule has 1 saturated carbocycles. The molecule has 0 radical (unpaired) electrons. The minimum atomic E-state index is -0.116. The third kappa shape index (κ3) is 3.47. The molecule has 4 heteroatoms. The number of benzene rings is 1. The minimum Gasteiger partial charge on any atom is -0.335 e. The Kier molecular flexibility index (Phi) is 4.20.